The lowest BCUT2D eigenvalue weighted by molar-refractivity contribution is 0.311. The van der Waals surface area contributed by atoms with E-state index in [9.17, 15) is 8.42 Å². The number of ether oxygens (including phenoxy) is 2. The summed E-state index contributed by atoms with van der Waals surface area (Å²) in [5.74, 6) is 2.49. The third-order valence-corrected chi connectivity index (χ3v) is 7.33. The highest BCUT2D eigenvalue weighted by Gasteiger charge is 2.46. The zero-order valence-corrected chi connectivity index (χ0v) is 15.9. The van der Waals surface area contributed by atoms with Gasteiger partial charge >= 0.3 is 0 Å². The summed E-state index contributed by atoms with van der Waals surface area (Å²) in [4.78, 5) is 0.144. The van der Waals surface area contributed by atoms with Gasteiger partial charge in [0.15, 0.2) is 0 Å². The summed E-state index contributed by atoms with van der Waals surface area (Å²) in [7, 11) is -0.747. The van der Waals surface area contributed by atoms with E-state index < -0.39 is 10.0 Å². The zero-order chi connectivity index (χ0) is 18.5. The fourth-order valence-electron chi connectivity index (χ4n) is 4.03. The van der Waals surface area contributed by atoms with E-state index in [1.807, 2.05) is 11.5 Å². The van der Waals surface area contributed by atoms with Crippen molar-refractivity contribution < 1.29 is 17.9 Å². The first-order chi connectivity index (χ1) is 12.5. The van der Waals surface area contributed by atoms with Crippen molar-refractivity contribution in [3.63, 3.8) is 0 Å². The van der Waals surface area contributed by atoms with Crippen molar-refractivity contribution in [2.75, 3.05) is 14.2 Å². The standard InChI is InChI=1S/C17H22N4O4S/c1-11-18-19-17-8-12-4-5-13(10-20(11)17)21(12)26(22,23)16-9-14(24-2)6-7-15(16)25-3/h6-7,9,12-13H,4-5,8,10H2,1-3H3. The van der Waals surface area contributed by atoms with Gasteiger partial charge in [0.05, 0.1) is 14.2 Å². The number of nitrogens with zero attached hydrogens (tertiary/aromatic N) is 4. The van der Waals surface area contributed by atoms with Gasteiger partial charge in [-0.3, -0.25) is 0 Å². The molecule has 3 heterocycles. The molecule has 2 atom stereocenters. The van der Waals surface area contributed by atoms with Crippen LogP contribution >= 0.6 is 0 Å². The van der Waals surface area contributed by atoms with E-state index in [1.165, 1.54) is 20.3 Å². The molecule has 0 N–H and O–H groups in total. The number of rotatable bonds is 4. The van der Waals surface area contributed by atoms with Crippen LogP contribution in [0.5, 0.6) is 11.5 Å². The molecular weight excluding hydrogens is 356 g/mol. The van der Waals surface area contributed by atoms with Gasteiger partial charge < -0.3 is 14.0 Å². The number of hydrogen-bond acceptors (Lipinski definition) is 6. The van der Waals surface area contributed by atoms with Crippen molar-refractivity contribution in [3.8, 4) is 11.5 Å². The van der Waals surface area contributed by atoms with Crippen molar-refractivity contribution in [1.82, 2.24) is 19.1 Å². The number of methoxy groups -OCH3 is 2. The molecular formula is C17H22N4O4S. The summed E-state index contributed by atoms with van der Waals surface area (Å²) < 4.78 is 41.3. The van der Waals surface area contributed by atoms with Crippen LogP contribution in [0.25, 0.3) is 0 Å². The summed E-state index contributed by atoms with van der Waals surface area (Å²) in [6, 6.07) is 4.62. The molecule has 26 heavy (non-hydrogen) atoms. The summed E-state index contributed by atoms with van der Waals surface area (Å²) in [6.45, 7) is 2.48. The van der Waals surface area contributed by atoms with E-state index in [-0.39, 0.29) is 17.0 Å². The highest BCUT2D eigenvalue weighted by Crippen LogP contribution is 2.39. The lowest BCUT2D eigenvalue weighted by Crippen LogP contribution is -2.42. The Hall–Kier alpha value is -2.13. The molecule has 140 valence electrons. The van der Waals surface area contributed by atoms with Crippen molar-refractivity contribution in [2.45, 2.75) is 49.7 Å². The van der Waals surface area contributed by atoms with Crippen molar-refractivity contribution >= 4 is 10.0 Å². The lowest BCUT2D eigenvalue weighted by atomic mass is 10.1. The minimum Gasteiger partial charge on any atom is -0.497 e. The molecule has 2 aromatic rings. The molecule has 4 rings (SSSR count). The van der Waals surface area contributed by atoms with Crippen LogP contribution in [-0.2, 0) is 23.0 Å². The fourth-order valence-corrected chi connectivity index (χ4v) is 6.06. The molecule has 2 bridgehead atoms. The maximum absolute atomic E-state index is 13.6. The first-order valence-electron chi connectivity index (χ1n) is 8.60. The Morgan fingerprint density at radius 2 is 1.88 bits per heavy atom. The van der Waals surface area contributed by atoms with Crippen LogP contribution in [0.4, 0.5) is 0 Å². The molecule has 2 aliphatic rings. The van der Waals surface area contributed by atoms with Crippen LogP contribution in [0.1, 0.15) is 24.5 Å². The van der Waals surface area contributed by atoms with Crippen molar-refractivity contribution in [1.29, 1.82) is 0 Å². The second kappa shape index (κ2) is 6.24. The van der Waals surface area contributed by atoms with E-state index >= 15 is 0 Å². The number of benzene rings is 1. The molecule has 0 aliphatic carbocycles. The maximum Gasteiger partial charge on any atom is 0.247 e. The molecule has 0 amide bonds. The quantitative estimate of drug-likeness (QED) is 0.799. The van der Waals surface area contributed by atoms with Gasteiger partial charge in [-0.05, 0) is 31.9 Å². The smallest absolute Gasteiger partial charge is 0.247 e. The third-order valence-electron chi connectivity index (χ3n) is 5.30. The number of sulfonamides is 1. The molecule has 2 aliphatic heterocycles. The van der Waals surface area contributed by atoms with Crippen LogP contribution in [0.3, 0.4) is 0 Å². The Bertz CT molecular complexity index is 940. The zero-order valence-electron chi connectivity index (χ0n) is 15.0. The summed E-state index contributed by atoms with van der Waals surface area (Å²) in [5, 5.41) is 8.37. The first kappa shape index (κ1) is 17.3. The van der Waals surface area contributed by atoms with Crippen LogP contribution in [0.2, 0.25) is 0 Å². The molecule has 8 nitrogen and oxygen atoms in total. The summed E-state index contributed by atoms with van der Waals surface area (Å²) in [5.41, 5.74) is 0. The Kier molecular flexibility index (Phi) is 4.15. The second-order valence-electron chi connectivity index (χ2n) is 6.71. The highest BCUT2D eigenvalue weighted by molar-refractivity contribution is 7.89. The minimum atomic E-state index is -3.74. The van der Waals surface area contributed by atoms with Gasteiger partial charge in [0.2, 0.25) is 10.0 Å². The summed E-state index contributed by atoms with van der Waals surface area (Å²) >= 11 is 0. The molecule has 1 aromatic carbocycles. The summed E-state index contributed by atoms with van der Waals surface area (Å²) in [6.07, 6.45) is 2.22. The van der Waals surface area contributed by atoms with E-state index in [0.717, 1.165) is 24.5 Å². The fraction of sp³-hybridized carbons (Fsp3) is 0.529. The van der Waals surface area contributed by atoms with E-state index in [1.54, 1.807) is 16.4 Å². The van der Waals surface area contributed by atoms with Crippen LogP contribution in [-0.4, -0.2) is 53.8 Å². The lowest BCUT2D eigenvalue weighted by Gasteiger charge is -2.27. The first-order valence-corrected chi connectivity index (χ1v) is 10.0. The average Bonchev–Trinajstić information content (AvgIpc) is 3.13. The van der Waals surface area contributed by atoms with Crippen LogP contribution in [0.15, 0.2) is 23.1 Å². The second-order valence-corrected chi connectivity index (χ2v) is 8.53. The van der Waals surface area contributed by atoms with Gasteiger partial charge in [-0.1, -0.05) is 0 Å². The predicted octanol–water partition coefficient (Wildman–Crippen LogP) is 1.38. The molecule has 0 saturated carbocycles. The van der Waals surface area contributed by atoms with E-state index in [2.05, 4.69) is 10.2 Å². The normalized spacial score (nSPS) is 22.7. The Labute approximate surface area is 152 Å². The van der Waals surface area contributed by atoms with Gasteiger partial charge in [-0.2, -0.15) is 4.31 Å². The maximum atomic E-state index is 13.6. The van der Waals surface area contributed by atoms with Crippen molar-refractivity contribution in [2.24, 2.45) is 0 Å². The Balaban J connectivity index is 1.78. The molecule has 1 fully saturated rings. The number of hydrogen-bond donors (Lipinski definition) is 0. The van der Waals surface area contributed by atoms with E-state index in [4.69, 9.17) is 9.47 Å². The molecule has 0 spiro atoms. The Morgan fingerprint density at radius 1 is 1.12 bits per heavy atom. The van der Waals surface area contributed by atoms with Gasteiger partial charge in [0, 0.05) is 31.1 Å². The largest absolute Gasteiger partial charge is 0.497 e. The van der Waals surface area contributed by atoms with Gasteiger partial charge in [0.25, 0.3) is 0 Å². The molecule has 2 unspecified atom stereocenters. The average molecular weight is 378 g/mol. The highest BCUT2D eigenvalue weighted by atomic mass is 32.2. The van der Waals surface area contributed by atoms with E-state index in [0.29, 0.717) is 24.5 Å². The molecule has 0 radical (unpaired) electrons. The van der Waals surface area contributed by atoms with Crippen molar-refractivity contribution in [3.05, 3.63) is 29.8 Å². The molecule has 1 saturated heterocycles. The SMILES string of the molecule is COc1ccc(OC)c(S(=O)(=O)N2C3CCC2Cn2c(C)nnc2C3)c1. The predicted molar refractivity (Wildman–Crippen MR) is 93.8 cm³/mol. The van der Waals surface area contributed by atoms with Crippen LogP contribution < -0.4 is 9.47 Å². The van der Waals surface area contributed by atoms with Gasteiger partial charge in [-0.15, -0.1) is 10.2 Å². The Morgan fingerprint density at radius 3 is 2.62 bits per heavy atom. The number of fused-ring (bicyclic) bond motifs is 3. The van der Waals surface area contributed by atoms with Gasteiger partial charge in [-0.25, -0.2) is 8.42 Å². The number of aromatic nitrogens is 3. The van der Waals surface area contributed by atoms with Crippen LogP contribution in [0, 0.1) is 6.92 Å². The number of aryl methyl sites for hydroxylation is 1. The molecule has 9 heteroatoms. The van der Waals surface area contributed by atoms with Gasteiger partial charge in [0.1, 0.15) is 28.0 Å². The molecule has 1 aromatic heterocycles. The monoisotopic (exact) mass is 378 g/mol. The third kappa shape index (κ3) is 2.57. The topological polar surface area (TPSA) is 86.5 Å². The minimum absolute atomic E-state index is 0.114.